The molecule has 6 aromatic carbocycles. The van der Waals surface area contributed by atoms with Crippen molar-refractivity contribution in [3.05, 3.63) is 262 Å². The molecule has 8 atom stereocenters. The molecular weight excluding hydrogens is 1390 g/mol. The van der Waals surface area contributed by atoms with Crippen LogP contribution in [0.25, 0.3) is 0 Å². The molecule has 30 heteroatoms. The number of aliphatic carboxylic acids is 4. The quantitative estimate of drug-likeness (QED) is 0.0142. The van der Waals surface area contributed by atoms with Crippen molar-refractivity contribution in [1.29, 1.82) is 0 Å². The summed E-state index contributed by atoms with van der Waals surface area (Å²) in [4.78, 5) is 107. The van der Waals surface area contributed by atoms with Gasteiger partial charge in [0.05, 0.1) is 35.3 Å². The normalized spacial score (nSPS) is 15.8. The molecule has 10 rings (SSSR count). The summed E-state index contributed by atoms with van der Waals surface area (Å²) in [6.45, 7) is 21.9. The number of aromatic nitrogens is 6. The van der Waals surface area contributed by atoms with E-state index in [1.807, 2.05) is 13.8 Å². The summed E-state index contributed by atoms with van der Waals surface area (Å²) in [5, 5.41) is 68.3. The van der Waals surface area contributed by atoms with Crippen LogP contribution >= 0.6 is 0 Å². The fraction of sp³-hybridized carbons (Fsp3) is 0.316. The molecule has 560 valence electrons. The average molecular weight is 1470 g/mol. The number of carboxylic acid groups (broad SMARTS) is 4. The second-order valence-electron chi connectivity index (χ2n) is 25.3. The standard InChI is InChI=1S/2C20H18O8.2C18H22F2N4O/c2*1-11-3-7-13(8-4-11)19(25)27-15(17(21)22)16(18(23)24)28-20(26)14-9-5-12(2)6-10-14;2*1-13-5-7-23(8-6-13)14(2)18(25,10-24-12-21-11-22-24)16-4-3-15(19)9-17(16)20/h2*3-10,15-16H,1-2H3,(H,21,22)(H,23,24);2*3-4,9,11-12,14,25H,1,5-8,10H2,2H3/t;;2*14-,18-/m..11/s1. The van der Waals surface area contributed by atoms with E-state index in [0.29, 0.717) is 0 Å². The van der Waals surface area contributed by atoms with Gasteiger partial charge in [0.2, 0.25) is 24.4 Å². The average Bonchev–Trinajstić information content (AvgIpc) is 0.888. The fourth-order valence-electron chi connectivity index (χ4n) is 11.2. The molecule has 4 heterocycles. The van der Waals surface area contributed by atoms with Crippen LogP contribution < -0.4 is 0 Å². The lowest BCUT2D eigenvalue weighted by Crippen LogP contribution is -2.53. The van der Waals surface area contributed by atoms with Gasteiger partial charge in [-0.3, -0.25) is 9.80 Å². The van der Waals surface area contributed by atoms with Crippen LogP contribution in [0.4, 0.5) is 17.6 Å². The van der Waals surface area contributed by atoms with E-state index in [1.54, 1.807) is 76.2 Å². The summed E-state index contributed by atoms with van der Waals surface area (Å²) in [5.41, 5.74) is 2.89. The van der Waals surface area contributed by atoms with E-state index in [2.05, 4.69) is 43.1 Å². The zero-order chi connectivity index (χ0) is 77.7. The van der Waals surface area contributed by atoms with Crippen LogP contribution in [0, 0.1) is 51.0 Å². The summed E-state index contributed by atoms with van der Waals surface area (Å²) in [6.07, 6.45) is 0.140. The summed E-state index contributed by atoms with van der Waals surface area (Å²) in [5.74, 6) is -14.1. The number of benzene rings is 6. The van der Waals surface area contributed by atoms with Gasteiger partial charge in [0.15, 0.2) is 0 Å². The molecule has 0 amide bonds. The van der Waals surface area contributed by atoms with Crippen LogP contribution in [0.1, 0.15) is 114 Å². The van der Waals surface area contributed by atoms with Crippen LogP contribution in [-0.2, 0) is 62.4 Å². The van der Waals surface area contributed by atoms with Gasteiger partial charge >= 0.3 is 47.8 Å². The number of nitrogens with zero attached hydrogens (tertiary/aromatic N) is 8. The zero-order valence-corrected chi connectivity index (χ0v) is 58.6. The number of piperidine rings is 2. The van der Waals surface area contributed by atoms with Crippen molar-refractivity contribution < 1.29 is 106 Å². The van der Waals surface area contributed by atoms with E-state index in [-0.39, 0.29) is 46.5 Å². The second kappa shape index (κ2) is 37.2. The number of carbonyl (C=O) groups excluding carboxylic acids is 4. The Morgan fingerprint density at radius 2 is 0.670 bits per heavy atom. The van der Waals surface area contributed by atoms with Crippen LogP contribution in [0.2, 0.25) is 0 Å². The molecule has 0 saturated carbocycles. The SMILES string of the molecule is C=C1CCN([C@H](C)[C@](O)(Cn2cncn2)c2ccc(F)cc2F)CC1.C=C1CCN([C@H](C)[C@](O)(Cn2cncn2)c2ccc(F)cc2F)CC1.Cc1ccc(C(=O)OC(C(=O)O)C(OC(=O)c2ccc(C)cc2)C(=O)O)cc1.Cc1ccc(C(=O)OC(C(=O)O)C(OC(=O)c2ccc(C)cc2)C(=O)O)cc1. The lowest BCUT2D eigenvalue weighted by atomic mass is 9.84. The van der Waals surface area contributed by atoms with E-state index in [0.717, 1.165) is 98.4 Å². The highest BCUT2D eigenvalue weighted by Gasteiger charge is 2.46. The van der Waals surface area contributed by atoms with Gasteiger partial charge in [-0.05, 0) is 128 Å². The number of esters is 4. The molecular formula is C76H80F4N8O18. The monoisotopic (exact) mass is 1470 g/mol. The molecule has 4 unspecified atom stereocenters. The van der Waals surface area contributed by atoms with Crippen LogP contribution in [0.3, 0.4) is 0 Å². The predicted octanol–water partition coefficient (Wildman–Crippen LogP) is 9.42. The van der Waals surface area contributed by atoms with E-state index in [9.17, 15) is 86.6 Å². The number of rotatable bonds is 24. The molecule has 2 aliphatic heterocycles. The maximum atomic E-state index is 14.5. The summed E-state index contributed by atoms with van der Waals surface area (Å²) >= 11 is 0. The molecule has 0 aliphatic carbocycles. The molecule has 2 fully saturated rings. The number of halogens is 4. The van der Waals surface area contributed by atoms with Crippen molar-refractivity contribution in [1.82, 2.24) is 39.3 Å². The highest BCUT2D eigenvalue weighted by Crippen LogP contribution is 2.36. The molecule has 2 aliphatic rings. The Bertz CT molecular complexity index is 3950. The Morgan fingerprint density at radius 1 is 0.425 bits per heavy atom. The first-order chi connectivity index (χ1) is 50.2. The summed E-state index contributed by atoms with van der Waals surface area (Å²) < 4.78 is 77.9. The largest absolute Gasteiger partial charge is 0.478 e. The number of carbonyl (C=O) groups is 8. The lowest BCUT2D eigenvalue weighted by Gasteiger charge is -2.43. The first-order valence-corrected chi connectivity index (χ1v) is 33.0. The van der Waals surface area contributed by atoms with Crippen LogP contribution in [-0.4, -0.2) is 180 Å². The van der Waals surface area contributed by atoms with Gasteiger partial charge in [-0.1, -0.05) is 107 Å². The molecule has 0 bridgehead atoms. The van der Waals surface area contributed by atoms with E-state index >= 15 is 0 Å². The highest BCUT2D eigenvalue weighted by atomic mass is 19.1. The smallest absolute Gasteiger partial charge is 0.349 e. The third kappa shape index (κ3) is 22.2. The minimum Gasteiger partial charge on any atom is -0.478 e. The molecule has 8 aromatic rings. The van der Waals surface area contributed by atoms with E-state index < -0.39 is 119 Å². The van der Waals surface area contributed by atoms with Crippen molar-refractivity contribution >= 4 is 47.8 Å². The van der Waals surface area contributed by atoms with Gasteiger partial charge in [0, 0.05) is 61.5 Å². The van der Waals surface area contributed by atoms with Gasteiger partial charge < -0.3 is 49.6 Å². The van der Waals surface area contributed by atoms with Gasteiger partial charge in [0.1, 0.15) is 59.8 Å². The third-order valence-corrected chi connectivity index (χ3v) is 17.6. The van der Waals surface area contributed by atoms with Crippen molar-refractivity contribution in [3.63, 3.8) is 0 Å². The van der Waals surface area contributed by atoms with Gasteiger partial charge in [0.25, 0.3) is 0 Å². The second-order valence-corrected chi connectivity index (χ2v) is 25.3. The number of hydrogen-bond acceptors (Lipinski definition) is 20. The van der Waals surface area contributed by atoms with Crippen molar-refractivity contribution in [3.8, 4) is 0 Å². The molecule has 2 saturated heterocycles. The number of likely N-dealkylation sites (tertiary alicyclic amines) is 2. The summed E-state index contributed by atoms with van der Waals surface area (Å²) in [7, 11) is 0. The Kier molecular flexibility index (Phi) is 28.7. The van der Waals surface area contributed by atoms with Crippen molar-refractivity contribution in [2.75, 3.05) is 26.2 Å². The van der Waals surface area contributed by atoms with E-state index in [1.165, 1.54) is 106 Å². The molecule has 2 aromatic heterocycles. The van der Waals surface area contributed by atoms with Crippen LogP contribution in [0.5, 0.6) is 0 Å². The molecule has 0 radical (unpaired) electrons. The fourth-order valence-corrected chi connectivity index (χ4v) is 11.2. The van der Waals surface area contributed by atoms with Crippen LogP contribution in [0.15, 0.2) is 183 Å². The maximum Gasteiger partial charge on any atom is 0.349 e. The first kappa shape index (κ1) is 81.7. The zero-order valence-electron chi connectivity index (χ0n) is 58.6. The van der Waals surface area contributed by atoms with Crippen molar-refractivity contribution in [2.45, 2.75) is 128 Å². The summed E-state index contributed by atoms with van der Waals surface area (Å²) in [6, 6.07) is 29.9. The topological polar surface area (TPSA) is 363 Å². The van der Waals surface area contributed by atoms with Gasteiger partial charge in [-0.2, -0.15) is 10.2 Å². The van der Waals surface area contributed by atoms with Gasteiger partial charge in [-0.25, -0.2) is 75.2 Å². The van der Waals surface area contributed by atoms with Crippen molar-refractivity contribution in [2.24, 2.45) is 0 Å². The number of hydrogen-bond donors (Lipinski definition) is 6. The molecule has 6 N–H and O–H groups in total. The number of aryl methyl sites for hydroxylation is 4. The first-order valence-electron chi connectivity index (χ1n) is 33.0. The highest BCUT2D eigenvalue weighted by molar-refractivity contribution is 5.97. The number of ether oxygens (including phenoxy) is 4. The molecule has 0 spiro atoms. The minimum atomic E-state index is -2.22. The Hall–Kier alpha value is -11.6. The minimum absolute atomic E-state index is 0.0220. The maximum absolute atomic E-state index is 14.5. The number of aliphatic hydroxyl groups is 2. The predicted molar refractivity (Wildman–Crippen MR) is 371 cm³/mol. The number of carboxylic acids is 4. The Balaban J connectivity index is 0.000000197. The Morgan fingerprint density at radius 3 is 0.877 bits per heavy atom. The van der Waals surface area contributed by atoms with E-state index in [4.69, 9.17) is 18.9 Å². The Labute approximate surface area is 606 Å². The lowest BCUT2D eigenvalue weighted by molar-refractivity contribution is -0.166. The molecule has 106 heavy (non-hydrogen) atoms. The molecule has 26 nitrogen and oxygen atoms in total. The third-order valence-electron chi connectivity index (χ3n) is 17.6. The van der Waals surface area contributed by atoms with Gasteiger partial charge in [-0.15, -0.1) is 0 Å².